The Morgan fingerprint density at radius 1 is 1.09 bits per heavy atom. The Labute approximate surface area is 137 Å². The van der Waals surface area contributed by atoms with Gasteiger partial charge in [-0.15, -0.1) is 0 Å². The van der Waals surface area contributed by atoms with E-state index >= 15 is 0 Å². The molecule has 0 heterocycles. The molecular formula is C17H25N3O3. The van der Waals surface area contributed by atoms with Crippen molar-refractivity contribution < 1.29 is 14.6 Å². The van der Waals surface area contributed by atoms with Crippen LogP contribution in [-0.2, 0) is 4.79 Å². The summed E-state index contributed by atoms with van der Waals surface area (Å²) in [5.41, 5.74) is 8.95. The van der Waals surface area contributed by atoms with Crippen molar-refractivity contribution >= 4 is 11.7 Å². The number of unbranched alkanes of at least 4 members (excludes halogenated alkanes) is 7. The largest absolute Gasteiger partial charge is 0.494 e. The third kappa shape index (κ3) is 10.2. The molecule has 1 rings (SSSR count). The van der Waals surface area contributed by atoms with Crippen LogP contribution in [0, 0.1) is 0 Å². The lowest BCUT2D eigenvalue weighted by atomic mass is 10.1. The third-order valence-electron chi connectivity index (χ3n) is 3.53. The SMILES string of the molecule is [N-]=[N+]=Nc1cccc(OCCCCCCCCCCC(=O)O)c1. The summed E-state index contributed by atoms with van der Waals surface area (Å²) in [5.74, 6) is 0.0308. The van der Waals surface area contributed by atoms with Crippen molar-refractivity contribution in [1.29, 1.82) is 0 Å². The van der Waals surface area contributed by atoms with Gasteiger partial charge in [0.1, 0.15) is 5.75 Å². The molecule has 0 bridgehead atoms. The molecule has 6 heteroatoms. The second kappa shape index (κ2) is 12.4. The van der Waals surface area contributed by atoms with Crippen LogP contribution in [0.4, 0.5) is 5.69 Å². The molecule has 0 unspecified atom stereocenters. The molecule has 0 radical (unpaired) electrons. The smallest absolute Gasteiger partial charge is 0.303 e. The van der Waals surface area contributed by atoms with E-state index in [0.717, 1.165) is 37.9 Å². The molecule has 0 spiro atoms. The minimum atomic E-state index is -0.699. The fourth-order valence-corrected chi connectivity index (χ4v) is 2.32. The molecule has 23 heavy (non-hydrogen) atoms. The van der Waals surface area contributed by atoms with Crippen LogP contribution in [0.5, 0.6) is 5.75 Å². The second-order valence-electron chi connectivity index (χ2n) is 5.51. The van der Waals surface area contributed by atoms with E-state index in [0.29, 0.717) is 12.3 Å². The van der Waals surface area contributed by atoms with Gasteiger partial charge in [0.05, 0.1) is 6.61 Å². The molecule has 0 fully saturated rings. The van der Waals surface area contributed by atoms with E-state index in [1.807, 2.05) is 12.1 Å². The van der Waals surface area contributed by atoms with Gasteiger partial charge in [-0.1, -0.05) is 55.8 Å². The molecule has 6 nitrogen and oxygen atoms in total. The first kappa shape index (κ1) is 18.8. The van der Waals surface area contributed by atoms with Crippen LogP contribution in [0.2, 0.25) is 0 Å². The number of carboxylic acids is 1. The zero-order valence-electron chi connectivity index (χ0n) is 13.5. The van der Waals surface area contributed by atoms with E-state index in [-0.39, 0.29) is 6.42 Å². The Kier molecular flexibility index (Phi) is 10.1. The van der Waals surface area contributed by atoms with Crippen LogP contribution >= 0.6 is 0 Å². The first-order valence-corrected chi connectivity index (χ1v) is 8.22. The van der Waals surface area contributed by atoms with Gasteiger partial charge in [0.15, 0.2) is 0 Å². The van der Waals surface area contributed by atoms with Gasteiger partial charge in [0.2, 0.25) is 0 Å². The minimum Gasteiger partial charge on any atom is -0.494 e. The van der Waals surface area contributed by atoms with Crippen molar-refractivity contribution in [1.82, 2.24) is 0 Å². The molecule has 1 aromatic rings. The molecule has 0 aromatic heterocycles. The van der Waals surface area contributed by atoms with Crippen LogP contribution in [0.1, 0.15) is 57.8 Å². The normalized spacial score (nSPS) is 10.1. The summed E-state index contributed by atoms with van der Waals surface area (Å²) in [6, 6.07) is 7.14. The fraction of sp³-hybridized carbons (Fsp3) is 0.588. The highest BCUT2D eigenvalue weighted by Gasteiger charge is 1.98. The maximum atomic E-state index is 10.4. The highest BCUT2D eigenvalue weighted by Crippen LogP contribution is 2.20. The van der Waals surface area contributed by atoms with Gasteiger partial charge < -0.3 is 9.84 Å². The topological polar surface area (TPSA) is 95.3 Å². The molecule has 0 aliphatic rings. The maximum absolute atomic E-state index is 10.4. The van der Waals surface area contributed by atoms with Gasteiger partial charge in [-0.3, -0.25) is 4.79 Å². The standard InChI is InChI=1S/C17H25N3O3/c18-20-19-15-10-9-11-16(14-15)23-13-8-6-4-2-1-3-5-7-12-17(21)22/h9-11,14H,1-8,12-13H2,(H,21,22). The number of rotatable bonds is 13. The Bertz CT molecular complexity index is 514. The number of carbonyl (C=O) groups is 1. The third-order valence-corrected chi connectivity index (χ3v) is 3.53. The monoisotopic (exact) mass is 319 g/mol. The van der Waals surface area contributed by atoms with Crippen LogP contribution < -0.4 is 4.74 Å². The van der Waals surface area contributed by atoms with Crippen molar-refractivity contribution in [3.05, 3.63) is 34.7 Å². The Hall–Kier alpha value is -2.20. The molecule has 1 N–H and O–H groups in total. The van der Waals surface area contributed by atoms with Crippen molar-refractivity contribution in [2.75, 3.05) is 6.61 Å². The lowest BCUT2D eigenvalue weighted by molar-refractivity contribution is -0.137. The zero-order chi connectivity index (χ0) is 16.8. The molecule has 0 saturated heterocycles. The van der Waals surface area contributed by atoms with Gasteiger partial charge in [0.25, 0.3) is 0 Å². The van der Waals surface area contributed by atoms with Gasteiger partial charge >= 0.3 is 5.97 Å². The van der Waals surface area contributed by atoms with Crippen molar-refractivity contribution in [2.24, 2.45) is 5.11 Å². The van der Waals surface area contributed by atoms with E-state index in [1.165, 1.54) is 19.3 Å². The number of azide groups is 1. The van der Waals surface area contributed by atoms with E-state index < -0.39 is 5.97 Å². The molecule has 0 aliphatic carbocycles. The summed E-state index contributed by atoms with van der Waals surface area (Å²) in [5, 5.41) is 12.1. The molecule has 0 atom stereocenters. The van der Waals surface area contributed by atoms with Crippen molar-refractivity contribution in [2.45, 2.75) is 57.8 Å². The number of ether oxygens (including phenoxy) is 1. The predicted molar refractivity (Wildman–Crippen MR) is 89.9 cm³/mol. The first-order chi connectivity index (χ1) is 11.2. The van der Waals surface area contributed by atoms with E-state index in [9.17, 15) is 4.79 Å². The van der Waals surface area contributed by atoms with Crippen LogP contribution in [0.3, 0.4) is 0 Å². The Balaban J connectivity index is 1.96. The van der Waals surface area contributed by atoms with E-state index in [1.54, 1.807) is 12.1 Å². The summed E-state index contributed by atoms with van der Waals surface area (Å²) in [6.45, 7) is 0.665. The lowest BCUT2D eigenvalue weighted by Crippen LogP contribution is -1.97. The predicted octanol–water partition coefficient (Wildman–Crippen LogP) is 5.60. The van der Waals surface area contributed by atoms with Crippen molar-refractivity contribution in [3.63, 3.8) is 0 Å². The molecule has 0 aliphatic heterocycles. The average Bonchev–Trinajstić information content (AvgIpc) is 2.53. The minimum absolute atomic E-state index is 0.290. The number of nitrogens with zero attached hydrogens (tertiary/aromatic N) is 3. The van der Waals surface area contributed by atoms with Crippen LogP contribution in [0.15, 0.2) is 29.4 Å². The molecular weight excluding hydrogens is 294 g/mol. The van der Waals surface area contributed by atoms with Gasteiger partial charge in [-0.2, -0.15) is 0 Å². The molecule has 0 amide bonds. The average molecular weight is 319 g/mol. The fourth-order valence-electron chi connectivity index (χ4n) is 2.32. The summed E-state index contributed by atoms with van der Waals surface area (Å²) in [4.78, 5) is 13.1. The number of carboxylic acid groups (broad SMARTS) is 1. The molecule has 0 saturated carbocycles. The van der Waals surface area contributed by atoms with Gasteiger partial charge in [0, 0.05) is 17.0 Å². The Morgan fingerprint density at radius 2 is 1.74 bits per heavy atom. The zero-order valence-corrected chi connectivity index (χ0v) is 13.5. The molecule has 126 valence electrons. The number of hydrogen-bond acceptors (Lipinski definition) is 3. The first-order valence-electron chi connectivity index (χ1n) is 8.22. The van der Waals surface area contributed by atoms with Gasteiger partial charge in [-0.25, -0.2) is 0 Å². The van der Waals surface area contributed by atoms with E-state index in [2.05, 4.69) is 10.0 Å². The maximum Gasteiger partial charge on any atom is 0.303 e. The second-order valence-corrected chi connectivity index (χ2v) is 5.51. The number of benzene rings is 1. The molecule has 1 aromatic carbocycles. The number of hydrogen-bond donors (Lipinski definition) is 1. The number of aliphatic carboxylic acids is 1. The van der Waals surface area contributed by atoms with E-state index in [4.69, 9.17) is 15.4 Å². The summed E-state index contributed by atoms with van der Waals surface area (Å²) in [7, 11) is 0. The van der Waals surface area contributed by atoms with Crippen LogP contribution in [-0.4, -0.2) is 17.7 Å². The summed E-state index contributed by atoms with van der Waals surface area (Å²) in [6.07, 6.45) is 8.90. The summed E-state index contributed by atoms with van der Waals surface area (Å²) >= 11 is 0. The summed E-state index contributed by atoms with van der Waals surface area (Å²) < 4.78 is 5.64. The quantitative estimate of drug-likeness (QED) is 0.222. The Morgan fingerprint density at radius 3 is 2.39 bits per heavy atom. The van der Waals surface area contributed by atoms with Crippen LogP contribution in [0.25, 0.3) is 10.4 Å². The van der Waals surface area contributed by atoms with Crippen molar-refractivity contribution in [3.8, 4) is 5.75 Å². The highest BCUT2D eigenvalue weighted by molar-refractivity contribution is 5.66. The highest BCUT2D eigenvalue weighted by atomic mass is 16.5. The van der Waals surface area contributed by atoms with Gasteiger partial charge in [-0.05, 0) is 30.5 Å². The lowest BCUT2D eigenvalue weighted by Gasteiger charge is -2.06.